The van der Waals surface area contributed by atoms with E-state index in [0.29, 0.717) is 5.56 Å². The van der Waals surface area contributed by atoms with Crippen molar-refractivity contribution < 1.29 is 4.79 Å². The summed E-state index contributed by atoms with van der Waals surface area (Å²) in [5.74, 6) is 0. The fourth-order valence-electron chi connectivity index (χ4n) is 1.45. The van der Waals surface area contributed by atoms with E-state index < -0.39 is 0 Å². The maximum absolute atomic E-state index is 10.5. The number of rotatable bonds is 3. The first kappa shape index (κ1) is 8.75. The van der Waals surface area contributed by atoms with E-state index in [0.717, 1.165) is 18.4 Å². The molecular formula is C12H11NO. The highest BCUT2D eigenvalue weighted by Crippen LogP contribution is 2.08. The zero-order valence-electron chi connectivity index (χ0n) is 7.73. The fraction of sp³-hybridized carbons (Fsp3) is 0.0833. The van der Waals surface area contributed by atoms with E-state index in [1.165, 1.54) is 5.56 Å². The second kappa shape index (κ2) is 3.92. The summed E-state index contributed by atoms with van der Waals surface area (Å²) in [4.78, 5) is 13.5. The Kier molecular flexibility index (Phi) is 2.45. The molecule has 0 fully saturated rings. The van der Waals surface area contributed by atoms with Gasteiger partial charge < -0.3 is 4.98 Å². The van der Waals surface area contributed by atoms with Gasteiger partial charge in [-0.1, -0.05) is 30.3 Å². The van der Waals surface area contributed by atoms with Crippen molar-refractivity contribution in [3.8, 4) is 0 Å². The van der Waals surface area contributed by atoms with Crippen LogP contribution in [-0.4, -0.2) is 11.3 Å². The number of carbonyl (C=O) groups excluding carboxylic acids is 1. The van der Waals surface area contributed by atoms with Crippen LogP contribution < -0.4 is 0 Å². The van der Waals surface area contributed by atoms with Gasteiger partial charge in [-0.25, -0.2) is 0 Å². The van der Waals surface area contributed by atoms with Crippen molar-refractivity contribution in [3.63, 3.8) is 0 Å². The maximum atomic E-state index is 10.5. The zero-order valence-corrected chi connectivity index (χ0v) is 7.73. The Bertz CT molecular complexity index is 417. The topological polar surface area (TPSA) is 32.9 Å². The molecule has 14 heavy (non-hydrogen) atoms. The second-order valence-corrected chi connectivity index (χ2v) is 3.24. The molecule has 1 heterocycles. The number of nitrogens with one attached hydrogen (secondary N) is 1. The summed E-state index contributed by atoms with van der Waals surface area (Å²) < 4.78 is 0. The number of aromatic amines is 1. The van der Waals surface area contributed by atoms with Gasteiger partial charge in [0.1, 0.15) is 0 Å². The van der Waals surface area contributed by atoms with Gasteiger partial charge in [0.25, 0.3) is 0 Å². The molecule has 2 aromatic rings. The average molecular weight is 185 g/mol. The molecule has 0 bridgehead atoms. The molecule has 1 aromatic carbocycles. The molecule has 70 valence electrons. The van der Waals surface area contributed by atoms with E-state index in [1.807, 2.05) is 24.3 Å². The van der Waals surface area contributed by atoms with Gasteiger partial charge >= 0.3 is 0 Å². The van der Waals surface area contributed by atoms with E-state index in [9.17, 15) is 4.79 Å². The third-order valence-electron chi connectivity index (χ3n) is 2.14. The van der Waals surface area contributed by atoms with Crippen LogP contribution in [0.1, 0.15) is 21.6 Å². The maximum Gasteiger partial charge on any atom is 0.151 e. The molecule has 1 N–H and O–H groups in total. The largest absolute Gasteiger partial charge is 0.364 e. The summed E-state index contributed by atoms with van der Waals surface area (Å²) in [5, 5.41) is 0. The van der Waals surface area contributed by atoms with Crippen molar-refractivity contribution in [3.05, 3.63) is 59.4 Å². The monoisotopic (exact) mass is 185 g/mol. The summed E-state index contributed by atoms with van der Waals surface area (Å²) in [6.45, 7) is 0. The first-order chi connectivity index (χ1) is 6.88. The highest BCUT2D eigenvalue weighted by atomic mass is 16.1. The van der Waals surface area contributed by atoms with Crippen LogP contribution in [0.2, 0.25) is 0 Å². The molecule has 0 amide bonds. The molecule has 0 atom stereocenters. The zero-order chi connectivity index (χ0) is 9.80. The second-order valence-electron chi connectivity index (χ2n) is 3.24. The molecule has 0 aliphatic heterocycles. The van der Waals surface area contributed by atoms with Crippen molar-refractivity contribution >= 4 is 6.29 Å². The van der Waals surface area contributed by atoms with E-state index in [2.05, 4.69) is 17.1 Å². The average Bonchev–Trinajstić information content (AvgIpc) is 2.67. The SMILES string of the molecule is O=Cc1c[nH]c(Cc2ccccc2)c1. The molecule has 0 saturated carbocycles. The molecule has 0 aliphatic rings. The van der Waals surface area contributed by atoms with Crippen LogP contribution in [-0.2, 0) is 6.42 Å². The Balaban J connectivity index is 2.15. The Morgan fingerprint density at radius 2 is 2.00 bits per heavy atom. The van der Waals surface area contributed by atoms with Crippen LogP contribution >= 0.6 is 0 Å². The molecule has 1 aromatic heterocycles. The highest BCUT2D eigenvalue weighted by Gasteiger charge is 1.98. The number of H-pyrrole nitrogens is 1. The van der Waals surface area contributed by atoms with E-state index in [4.69, 9.17) is 0 Å². The quantitative estimate of drug-likeness (QED) is 0.732. The van der Waals surface area contributed by atoms with Crippen LogP contribution in [0.25, 0.3) is 0 Å². The van der Waals surface area contributed by atoms with Crippen molar-refractivity contribution in [2.45, 2.75) is 6.42 Å². The Morgan fingerprint density at radius 3 is 2.64 bits per heavy atom. The summed E-state index contributed by atoms with van der Waals surface area (Å²) in [5.41, 5.74) is 3.01. The standard InChI is InChI=1S/C12H11NO/c14-9-11-7-12(13-8-11)6-10-4-2-1-3-5-10/h1-5,7-9,13H,6H2. The van der Waals surface area contributed by atoms with Crippen molar-refractivity contribution in [2.24, 2.45) is 0 Å². The molecule has 0 unspecified atom stereocenters. The van der Waals surface area contributed by atoms with Crippen LogP contribution in [0.3, 0.4) is 0 Å². The van der Waals surface area contributed by atoms with Gasteiger partial charge in [-0.05, 0) is 11.6 Å². The highest BCUT2D eigenvalue weighted by molar-refractivity contribution is 5.74. The minimum absolute atomic E-state index is 0.705. The van der Waals surface area contributed by atoms with E-state index in [-0.39, 0.29) is 0 Å². The fourth-order valence-corrected chi connectivity index (χ4v) is 1.45. The molecule has 0 radical (unpaired) electrons. The molecule has 2 rings (SSSR count). The number of carbonyl (C=O) groups is 1. The molecular weight excluding hydrogens is 174 g/mol. The number of benzene rings is 1. The summed E-state index contributed by atoms with van der Waals surface area (Å²) >= 11 is 0. The van der Waals surface area contributed by atoms with Crippen LogP contribution in [0.4, 0.5) is 0 Å². The lowest BCUT2D eigenvalue weighted by molar-refractivity contribution is 0.112. The molecule has 0 spiro atoms. The van der Waals surface area contributed by atoms with Gasteiger partial charge in [-0.3, -0.25) is 4.79 Å². The Hall–Kier alpha value is -1.83. The molecule has 0 aliphatic carbocycles. The third-order valence-corrected chi connectivity index (χ3v) is 2.14. The van der Waals surface area contributed by atoms with Gasteiger partial charge in [0, 0.05) is 23.9 Å². The first-order valence-electron chi connectivity index (χ1n) is 4.55. The normalized spacial score (nSPS) is 10.0. The smallest absolute Gasteiger partial charge is 0.151 e. The third kappa shape index (κ3) is 1.91. The minimum atomic E-state index is 0.705. The van der Waals surface area contributed by atoms with Gasteiger partial charge in [0.2, 0.25) is 0 Å². The lowest BCUT2D eigenvalue weighted by Gasteiger charge is -1.97. The van der Waals surface area contributed by atoms with Crippen LogP contribution in [0.5, 0.6) is 0 Å². The van der Waals surface area contributed by atoms with Crippen LogP contribution in [0.15, 0.2) is 42.6 Å². The minimum Gasteiger partial charge on any atom is -0.364 e. The molecule has 2 nitrogen and oxygen atoms in total. The predicted molar refractivity (Wildman–Crippen MR) is 55.4 cm³/mol. The van der Waals surface area contributed by atoms with Crippen molar-refractivity contribution in [2.75, 3.05) is 0 Å². The molecule has 0 saturated heterocycles. The lowest BCUT2D eigenvalue weighted by atomic mass is 10.1. The number of hydrogen-bond donors (Lipinski definition) is 1. The predicted octanol–water partition coefficient (Wildman–Crippen LogP) is 2.42. The van der Waals surface area contributed by atoms with Crippen molar-refractivity contribution in [1.82, 2.24) is 4.98 Å². The lowest BCUT2D eigenvalue weighted by Crippen LogP contribution is -1.86. The van der Waals surface area contributed by atoms with Crippen molar-refractivity contribution in [1.29, 1.82) is 0 Å². The van der Waals surface area contributed by atoms with Gasteiger partial charge in [-0.15, -0.1) is 0 Å². The van der Waals surface area contributed by atoms with E-state index >= 15 is 0 Å². The van der Waals surface area contributed by atoms with E-state index in [1.54, 1.807) is 6.20 Å². The number of hydrogen-bond acceptors (Lipinski definition) is 1. The van der Waals surface area contributed by atoms with Crippen LogP contribution in [0, 0.1) is 0 Å². The summed E-state index contributed by atoms with van der Waals surface area (Å²) in [6, 6.07) is 12.0. The summed E-state index contributed by atoms with van der Waals surface area (Å²) in [6.07, 6.45) is 3.42. The Labute approximate surface area is 82.6 Å². The van der Waals surface area contributed by atoms with Gasteiger partial charge in [0.15, 0.2) is 6.29 Å². The van der Waals surface area contributed by atoms with Gasteiger partial charge in [-0.2, -0.15) is 0 Å². The number of aromatic nitrogens is 1. The number of aldehydes is 1. The molecule has 2 heteroatoms. The van der Waals surface area contributed by atoms with Gasteiger partial charge in [0.05, 0.1) is 0 Å². The first-order valence-corrected chi connectivity index (χ1v) is 4.55. The summed E-state index contributed by atoms with van der Waals surface area (Å²) in [7, 11) is 0. The Morgan fingerprint density at radius 1 is 1.21 bits per heavy atom.